The maximum Gasteiger partial charge on any atom is 0.155 e. The highest BCUT2D eigenvalue weighted by molar-refractivity contribution is 7.98. The smallest absolute Gasteiger partial charge is 0.155 e. The van der Waals surface area contributed by atoms with Gasteiger partial charge in [-0.1, -0.05) is 0 Å². The van der Waals surface area contributed by atoms with Gasteiger partial charge in [-0.15, -0.1) is 0 Å². The molecule has 0 aromatic carbocycles. The van der Waals surface area contributed by atoms with E-state index in [1.165, 1.54) is 17.7 Å². The third-order valence-electron chi connectivity index (χ3n) is 2.52. The van der Waals surface area contributed by atoms with Crippen molar-refractivity contribution in [3.05, 3.63) is 29.7 Å². The zero-order valence-electron chi connectivity index (χ0n) is 10.3. The molecule has 2 aromatic rings. The minimum atomic E-state index is 0.857. The molecule has 5 heteroatoms. The van der Waals surface area contributed by atoms with Gasteiger partial charge in [0, 0.05) is 30.6 Å². The number of nitrogens with one attached hydrogen (secondary N) is 1. The summed E-state index contributed by atoms with van der Waals surface area (Å²) >= 11 is 1.89. The van der Waals surface area contributed by atoms with E-state index in [1.807, 2.05) is 41.7 Å². The molecule has 0 fully saturated rings. The minimum absolute atomic E-state index is 0.857. The van der Waals surface area contributed by atoms with E-state index in [9.17, 15) is 0 Å². The molecule has 92 valence electrons. The fraction of sp³-hybridized carbons (Fsp3) is 0.500. The predicted molar refractivity (Wildman–Crippen MR) is 72.4 cm³/mol. The molecule has 0 bridgehead atoms. The van der Waals surface area contributed by atoms with E-state index in [2.05, 4.69) is 21.7 Å². The highest BCUT2D eigenvalue weighted by atomic mass is 32.2. The van der Waals surface area contributed by atoms with Gasteiger partial charge in [-0.3, -0.25) is 0 Å². The van der Waals surface area contributed by atoms with Gasteiger partial charge in [-0.05, 0) is 31.9 Å². The van der Waals surface area contributed by atoms with Gasteiger partial charge in [0.1, 0.15) is 0 Å². The summed E-state index contributed by atoms with van der Waals surface area (Å²) in [6.45, 7) is 3.89. The molecule has 17 heavy (non-hydrogen) atoms. The third-order valence-corrected chi connectivity index (χ3v) is 3.22. The second-order valence-electron chi connectivity index (χ2n) is 4.07. The monoisotopic (exact) mass is 250 g/mol. The SMILES string of the molecule is CSCCCNCc1cnc2cc(C)nn2c1. The zero-order valence-corrected chi connectivity index (χ0v) is 11.1. The van der Waals surface area contributed by atoms with E-state index in [1.54, 1.807) is 0 Å². The Labute approximate surface area is 106 Å². The van der Waals surface area contributed by atoms with E-state index >= 15 is 0 Å². The largest absolute Gasteiger partial charge is 0.313 e. The van der Waals surface area contributed by atoms with Crippen LogP contribution in [0.5, 0.6) is 0 Å². The molecule has 0 saturated carbocycles. The molecule has 0 spiro atoms. The Balaban J connectivity index is 1.90. The Morgan fingerprint density at radius 1 is 1.47 bits per heavy atom. The average molecular weight is 250 g/mol. The Hall–Kier alpha value is -1.07. The number of aryl methyl sites for hydroxylation is 1. The topological polar surface area (TPSA) is 42.2 Å². The van der Waals surface area contributed by atoms with Crippen LogP contribution < -0.4 is 5.32 Å². The first-order valence-electron chi connectivity index (χ1n) is 5.80. The molecular weight excluding hydrogens is 232 g/mol. The summed E-state index contributed by atoms with van der Waals surface area (Å²) in [5.74, 6) is 1.21. The van der Waals surface area contributed by atoms with E-state index in [-0.39, 0.29) is 0 Å². The van der Waals surface area contributed by atoms with Crippen molar-refractivity contribution >= 4 is 17.4 Å². The van der Waals surface area contributed by atoms with Gasteiger partial charge < -0.3 is 5.32 Å². The minimum Gasteiger partial charge on any atom is -0.313 e. The van der Waals surface area contributed by atoms with Crippen LogP contribution in [-0.4, -0.2) is 33.2 Å². The van der Waals surface area contributed by atoms with Gasteiger partial charge >= 0.3 is 0 Å². The second-order valence-corrected chi connectivity index (χ2v) is 5.06. The molecule has 0 unspecified atom stereocenters. The van der Waals surface area contributed by atoms with E-state index in [0.717, 1.165) is 24.4 Å². The van der Waals surface area contributed by atoms with E-state index in [0.29, 0.717) is 0 Å². The van der Waals surface area contributed by atoms with Crippen LogP contribution in [0.3, 0.4) is 0 Å². The lowest BCUT2D eigenvalue weighted by molar-refractivity contribution is 0.673. The number of fused-ring (bicyclic) bond motifs is 1. The Bertz CT molecular complexity index is 480. The molecule has 0 aliphatic rings. The number of thioether (sulfide) groups is 1. The van der Waals surface area contributed by atoms with Gasteiger partial charge in [-0.2, -0.15) is 16.9 Å². The number of aromatic nitrogens is 3. The van der Waals surface area contributed by atoms with Crippen molar-refractivity contribution in [2.45, 2.75) is 19.9 Å². The molecule has 0 radical (unpaired) electrons. The van der Waals surface area contributed by atoms with Crippen molar-refractivity contribution in [2.24, 2.45) is 0 Å². The highest BCUT2D eigenvalue weighted by Gasteiger charge is 2.00. The lowest BCUT2D eigenvalue weighted by Gasteiger charge is -2.04. The molecule has 2 aromatic heterocycles. The first-order chi connectivity index (χ1) is 8.29. The summed E-state index contributed by atoms with van der Waals surface area (Å²) in [5, 5.41) is 7.77. The maximum absolute atomic E-state index is 4.37. The van der Waals surface area contributed by atoms with Crippen LogP contribution in [0.1, 0.15) is 17.7 Å². The fourth-order valence-electron chi connectivity index (χ4n) is 1.70. The third kappa shape index (κ3) is 3.44. The number of nitrogens with zero attached hydrogens (tertiary/aromatic N) is 3. The number of hydrogen-bond donors (Lipinski definition) is 1. The number of rotatable bonds is 6. The van der Waals surface area contributed by atoms with Crippen LogP contribution in [-0.2, 0) is 6.54 Å². The first kappa shape index (κ1) is 12.4. The standard InChI is InChI=1S/C12H18N4S/c1-10-6-12-14-8-11(9-16(12)15-10)7-13-4-3-5-17-2/h6,8-9,13H,3-5,7H2,1-2H3. The zero-order chi connectivity index (χ0) is 12.1. The number of hydrogen-bond acceptors (Lipinski definition) is 4. The lowest BCUT2D eigenvalue weighted by atomic mass is 10.3. The fourth-order valence-corrected chi connectivity index (χ4v) is 2.13. The Morgan fingerprint density at radius 3 is 3.18 bits per heavy atom. The van der Waals surface area contributed by atoms with Gasteiger partial charge in [0.25, 0.3) is 0 Å². The Kier molecular flexibility index (Phi) is 4.39. The normalized spacial score (nSPS) is 11.2. The summed E-state index contributed by atoms with van der Waals surface area (Å²) in [6, 6.07) is 1.98. The van der Waals surface area contributed by atoms with Crippen molar-refractivity contribution in [1.29, 1.82) is 0 Å². The Morgan fingerprint density at radius 2 is 2.35 bits per heavy atom. The molecule has 1 N–H and O–H groups in total. The molecule has 0 aliphatic heterocycles. The van der Waals surface area contributed by atoms with Crippen molar-refractivity contribution in [1.82, 2.24) is 19.9 Å². The summed E-state index contributed by atoms with van der Waals surface area (Å²) in [7, 11) is 0. The van der Waals surface area contributed by atoms with E-state index in [4.69, 9.17) is 0 Å². The quantitative estimate of drug-likeness (QED) is 0.795. The molecule has 0 atom stereocenters. The van der Waals surface area contributed by atoms with Gasteiger partial charge in [0.05, 0.1) is 5.69 Å². The van der Waals surface area contributed by atoms with Gasteiger partial charge in [0.15, 0.2) is 5.65 Å². The molecule has 0 aliphatic carbocycles. The van der Waals surface area contributed by atoms with Crippen LogP contribution in [0.4, 0.5) is 0 Å². The van der Waals surface area contributed by atoms with E-state index < -0.39 is 0 Å². The van der Waals surface area contributed by atoms with Crippen LogP contribution in [0.15, 0.2) is 18.5 Å². The summed E-state index contributed by atoms with van der Waals surface area (Å²) < 4.78 is 1.84. The van der Waals surface area contributed by atoms with Crippen molar-refractivity contribution in [3.8, 4) is 0 Å². The second kappa shape index (κ2) is 6.02. The van der Waals surface area contributed by atoms with Crippen molar-refractivity contribution in [2.75, 3.05) is 18.6 Å². The van der Waals surface area contributed by atoms with Gasteiger partial charge in [-0.25, -0.2) is 9.50 Å². The highest BCUT2D eigenvalue weighted by Crippen LogP contribution is 2.04. The van der Waals surface area contributed by atoms with Gasteiger partial charge in [0.2, 0.25) is 0 Å². The van der Waals surface area contributed by atoms with Crippen LogP contribution >= 0.6 is 11.8 Å². The van der Waals surface area contributed by atoms with Crippen molar-refractivity contribution < 1.29 is 0 Å². The van der Waals surface area contributed by atoms with Crippen LogP contribution in [0.25, 0.3) is 5.65 Å². The van der Waals surface area contributed by atoms with Crippen LogP contribution in [0.2, 0.25) is 0 Å². The molecular formula is C12H18N4S. The average Bonchev–Trinajstić information content (AvgIpc) is 2.68. The van der Waals surface area contributed by atoms with Crippen molar-refractivity contribution in [3.63, 3.8) is 0 Å². The van der Waals surface area contributed by atoms with Crippen LogP contribution in [0, 0.1) is 6.92 Å². The summed E-state index contributed by atoms with van der Waals surface area (Å²) in [5.41, 5.74) is 3.08. The molecule has 4 nitrogen and oxygen atoms in total. The maximum atomic E-state index is 4.37. The molecule has 2 rings (SSSR count). The molecule has 0 saturated heterocycles. The first-order valence-corrected chi connectivity index (χ1v) is 7.19. The predicted octanol–water partition coefficient (Wildman–Crippen LogP) is 1.88. The summed E-state index contributed by atoms with van der Waals surface area (Å²) in [6.07, 6.45) is 7.30. The molecule has 0 amide bonds. The summed E-state index contributed by atoms with van der Waals surface area (Å²) in [4.78, 5) is 4.37. The molecule has 2 heterocycles. The lowest BCUT2D eigenvalue weighted by Crippen LogP contribution is -2.15.